The molecule has 0 aromatic heterocycles. The molecule has 0 aliphatic heterocycles. The van der Waals surface area contributed by atoms with Gasteiger partial charge in [-0.25, -0.2) is 0 Å². The van der Waals surface area contributed by atoms with Gasteiger partial charge in [0.05, 0.1) is 0 Å². The Bertz CT molecular complexity index is 495. The molecule has 0 saturated heterocycles. The van der Waals surface area contributed by atoms with Crippen LogP contribution in [0.4, 0.5) is 0 Å². The van der Waals surface area contributed by atoms with Crippen molar-refractivity contribution in [1.29, 1.82) is 0 Å². The summed E-state index contributed by atoms with van der Waals surface area (Å²) in [5, 5.41) is 14.2. The molecule has 0 atom stereocenters. The summed E-state index contributed by atoms with van der Waals surface area (Å²) < 4.78 is 0. The van der Waals surface area contributed by atoms with Crippen molar-refractivity contribution in [3.05, 3.63) is 39.3 Å². The highest BCUT2D eigenvalue weighted by molar-refractivity contribution is 5.49. The van der Waals surface area contributed by atoms with Crippen LogP contribution in [0.2, 0.25) is 0 Å². The van der Waals surface area contributed by atoms with Gasteiger partial charge in [-0.3, -0.25) is 0 Å². The summed E-state index contributed by atoms with van der Waals surface area (Å²) in [5.74, 6) is 0.387. The zero-order valence-corrected chi connectivity index (χ0v) is 13.4. The van der Waals surface area contributed by atoms with Crippen molar-refractivity contribution in [1.82, 2.24) is 0 Å². The first-order chi connectivity index (χ1) is 9.07. The molecule has 0 unspecified atom stereocenters. The number of rotatable bonds is 3. The molecule has 1 rings (SSSR count). The van der Waals surface area contributed by atoms with Crippen molar-refractivity contribution in [3.63, 3.8) is 0 Å². The highest BCUT2D eigenvalue weighted by Gasteiger charge is 2.26. The molecular formula is C16H25N3O. The summed E-state index contributed by atoms with van der Waals surface area (Å²) in [5.41, 5.74) is 11.1. The molecule has 110 valence electrons. The average molecular weight is 275 g/mol. The molecule has 20 heavy (non-hydrogen) atoms. The molecule has 0 amide bonds. The van der Waals surface area contributed by atoms with Crippen molar-refractivity contribution in [2.75, 3.05) is 6.54 Å². The fourth-order valence-electron chi connectivity index (χ4n) is 2.21. The molecule has 0 aliphatic rings. The van der Waals surface area contributed by atoms with E-state index in [0.717, 1.165) is 16.7 Å². The highest BCUT2D eigenvalue weighted by Crippen LogP contribution is 2.39. The Morgan fingerprint density at radius 2 is 1.50 bits per heavy atom. The van der Waals surface area contributed by atoms with Crippen LogP contribution < -0.4 is 0 Å². The molecule has 0 heterocycles. The SMILES string of the molecule is CC(C)(C)c1cc(CCN=[N+]=[N-])cc(C(C)(C)C)c1O. The van der Waals surface area contributed by atoms with Crippen molar-refractivity contribution in [2.24, 2.45) is 5.11 Å². The summed E-state index contributed by atoms with van der Waals surface area (Å²) in [6, 6.07) is 4.05. The van der Waals surface area contributed by atoms with Crippen molar-refractivity contribution in [2.45, 2.75) is 58.8 Å². The topological polar surface area (TPSA) is 69.0 Å². The largest absolute Gasteiger partial charge is 0.507 e. The molecule has 1 N–H and O–H groups in total. The lowest BCUT2D eigenvalue weighted by molar-refractivity contribution is 0.422. The van der Waals surface area contributed by atoms with Gasteiger partial charge in [-0.15, -0.1) is 0 Å². The number of nitrogens with zero attached hydrogens (tertiary/aromatic N) is 3. The van der Waals surface area contributed by atoms with Crippen molar-refractivity contribution in [3.8, 4) is 5.75 Å². The standard InChI is InChI=1S/C16H25N3O/c1-15(2,3)12-9-11(7-8-18-19-17)10-13(14(12)20)16(4,5)6/h9-10,20H,7-8H2,1-6H3. The van der Waals surface area contributed by atoms with Crippen LogP contribution >= 0.6 is 0 Å². The quantitative estimate of drug-likeness (QED) is 0.478. The lowest BCUT2D eigenvalue weighted by atomic mass is 9.78. The van der Waals surface area contributed by atoms with Gasteiger partial charge in [-0.1, -0.05) is 58.8 Å². The van der Waals surface area contributed by atoms with Crippen LogP contribution in [0.3, 0.4) is 0 Å². The van der Waals surface area contributed by atoms with Gasteiger partial charge in [0.15, 0.2) is 0 Å². The summed E-state index contributed by atoms with van der Waals surface area (Å²) in [6.45, 7) is 13.0. The fraction of sp³-hybridized carbons (Fsp3) is 0.625. The monoisotopic (exact) mass is 275 g/mol. The second-order valence-corrected chi connectivity index (χ2v) is 7.24. The van der Waals surface area contributed by atoms with Crippen LogP contribution in [-0.2, 0) is 17.3 Å². The number of phenolic OH excluding ortho intramolecular Hbond substituents is 1. The number of aromatic hydroxyl groups is 1. The van der Waals surface area contributed by atoms with Crippen LogP contribution in [-0.4, -0.2) is 11.7 Å². The Hall–Kier alpha value is -1.67. The van der Waals surface area contributed by atoms with Gasteiger partial charge < -0.3 is 5.11 Å². The first-order valence-corrected chi connectivity index (χ1v) is 6.95. The minimum Gasteiger partial charge on any atom is -0.507 e. The molecule has 1 aromatic rings. The first kappa shape index (κ1) is 16.4. The summed E-state index contributed by atoms with van der Waals surface area (Å²) >= 11 is 0. The van der Waals surface area contributed by atoms with Crippen LogP contribution in [0.1, 0.15) is 58.2 Å². The number of benzene rings is 1. The number of phenols is 1. The summed E-state index contributed by atoms with van der Waals surface area (Å²) in [7, 11) is 0. The maximum atomic E-state index is 10.6. The van der Waals surface area contributed by atoms with Crippen LogP contribution in [0.5, 0.6) is 5.75 Å². The van der Waals surface area contributed by atoms with E-state index in [-0.39, 0.29) is 10.8 Å². The van der Waals surface area contributed by atoms with Gasteiger partial charge in [0.25, 0.3) is 0 Å². The second-order valence-electron chi connectivity index (χ2n) is 7.24. The maximum absolute atomic E-state index is 10.6. The lowest BCUT2D eigenvalue weighted by Crippen LogP contribution is -2.18. The normalized spacial score (nSPS) is 12.1. The Labute approximate surface area is 121 Å². The van der Waals surface area contributed by atoms with E-state index < -0.39 is 0 Å². The average Bonchev–Trinajstić information content (AvgIpc) is 2.28. The number of azide groups is 1. The van der Waals surface area contributed by atoms with Crippen molar-refractivity contribution >= 4 is 0 Å². The van der Waals surface area contributed by atoms with Gasteiger partial charge in [0.2, 0.25) is 0 Å². The lowest BCUT2D eigenvalue weighted by Gasteiger charge is -2.28. The summed E-state index contributed by atoms with van der Waals surface area (Å²) in [4.78, 5) is 2.79. The zero-order chi connectivity index (χ0) is 15.6. The van der Waals surface area contributed by atoms with E-state index in [1.54, 1.807) is 0 Å². The van der Waals surface area contributed by atoms with E-state index in [0.29, 0.717) is 18.7 Å². The molecule has 4 heteroatoms. The Morgan fingerprint density at radius 1 is 1.05 bits per heavy atom. The van der Waals surface area contributed by atoms with Gasteiger partial charge >= 0.3 is 0 Å². The minimum absolute atomic E-state index is 0.126. The molecule has 0 spiro atoms. The van der Waals surface area contributed by atoms with E-state index in [4.69, 9.17) is 5.53 Å². The Morgan fingerprint density at radius 3 is 1.85 bits per heavy atom. The van der Waals surface area contributed by atoms with Gasteiger partial charge in [0, 0.05) is 11.5 Å². The Kier molecular flexibility index (Phi) is 4.72. The van der Waals surface area contributed by atoms with Crippen LogP contribution in [0, 0.1) is 0 Å². The van der Waals surface area contributed by atoms with Gasteiger partial charge in [0.1, 0.15) is 5.75 Å². The van der Waals surface area contributed by atoms with E-state index in [1.807, 2.05) is 12.1 Å². The smallest absolute Gasteiger partial charge is 0.123 e. The molecule has 0 aliphatic carbocycles. The first-order valence-electron chi connectivity index (χ1n) is 6.95. The van der Waals surface area contributed by atoms with E-state index >= 15 is 0 Å². The molecule has 0 fully saturated rings. The summed E-state index contributed by atoms with van der Waals surface area (Å²) in [6.07, 6.45) is 0.691. The maximum Gasteiger partial charge on any atom is 0.123 e. The van der Waals surface area contributed by atoms with Gasteiger partial charge in [-0.05, 0) is 39.5 Å². The van der Waals surface area contributed by atoms with Crippen LogP contribution in [0.25, 0.3) is 10.4 Å². The Balaban J connectivity index is 3.38. The third kappa shape index (κ3) is 3.91. The predicted molar refractivity (Wildman–Crippen MR) is 83.2 cm³/mol. The highest BCUT2D eigenvalue weighted by atomic mass is 16.3. The van der Waals surface area contributed by atoms with Crippen LogP contribution in [0.15, 0.2) is 17.2 Å². The van der Waals surface area contributed by atoms with E-state index in [1.165, 1.54) is 0 Å². The molecule has 0 radical (unpaired) electrons. The van der Waals surface area contributed by atoms with Gasteiger partial charge in [-0.2, -0.15) is 0 Å². The zero-order valence-electron chi connectivity index (χ0n) is 13.4. The van der Waals surface area contributed by atoms with E-state index in [9.17, 15) is 5.11 Å². The predicted octanol–water partition coefficient (Wildman–Crippen LogP) is 4.84. The third-order valence-electron chi connectivity index (χ3n) is 3.35. The fourth-order valence-corrected chi connectivity index (χ4v) is 2.21. The second kappa shape index (κ2) is 5.76. The molecule has 4 nitrogen and oxygen atoms in total. The van der Waals surface area contributed by atoms with E-state index in [2.05, 4.69) is 51.6 Å². The molecular weight excluding hydrogens is 250 g/mol. The number of hydrogen-bond donors (Lipinski definition) is 1. The number of hydrogen-bond acceptors (Lipinski definition) is 2. The molecule has 0 bridgehead atoms. The minimum atomic E-state index is -0.126. The molecule has 0 saturated carbocycles. The molecule has 1 aromatic carbocycles. The third-order valence-corrected chi connectivity index (χ3v) is 3.35. The van der Waals surface area contributed by atoms with Crippen molar-refractivity contribution < 1.29 is 5.11 Å².